The van der Waals surface area contributed by atoms with Crippen LogP contribution in [0, 0.1) is 13.8 Å². The molecule has 0 radical (unpaired) electrons. The van der Waals surface area contributed by atoms with Gasteiger partial charge in [-0.1, -0.05) is 30.4 Å². The maximum absolute atomic E-state index is 13.5. The van der Waals surface area contributed by atoms with Crippen molar-refractivity contribution in [3.8, 4) is 5.75 Å². The van der Waals surface area contributed by atoms with Crippen molar-refractivity contribution in [3.05, 3.63) is 89.2 Å². The minimum atomic E-state index is -0.204. The zero-order chi connectivity index (χ0) is 21.7. The van der Waals surface area contributed by atoms with Crippen molar-refractivity contribution in [1.82, 2.24) is 0 Å². The lowest BCUT2D eigenvalue weighted by molar-refractivity contribution is -0.578. The predicted octanol–water partition coefficient (Wildman–Crippen LogP) is 3.22. The first kappa shape index (κ1) is 21.5. The zero-order valence-corrected chi connectivity index (χ0v) is 18.0. The Bertz CT molecular complexity index is 1090. The third kappa shape index (κ3) is 4.84. The number of aliphatic hydroxyl groups is 1. The van der Waals surface area contributed by atoms with Gasteiger partial charge in [-0.05, 0) is 66.6 Å². The van der Waals surface area contributed by atoms with Crippen LogP contribution in [-0.4, -0.2) is 17.2 Å². The van der Waals surface area contributed by atoms with E-state index in [0.29, 0.717) is 16.8 Å². The fourth-order valence-electron chi connectivity index (χ4n) is 2.98. The van der Waals surface area contributed by atoms with Gasteiger partial charge in [0.1, 0.15) is 5.75 Å². The van der Waals surface area contributed by atoms with E-state index in [1.54, 1.807) is 42.3 Å². The van der Waals surface area contributed by atoms with Crippen LogP contribution in [0.25, 0.3) is 11.5 Å². The van der Waals surface area contributed by atoms with Gasteiger partial charge in [0, 0.05) is 17.3 Å². The fourth-order valence-corrected chi connectivity index (χ4v) is 3.29. The van der Waals surface area contributed by atoms with Gasteiger partial charge in [-0.3, -0.25) is 0 Å². The second kappa shape index (κ2) is 9.52. The second-order valence-electron chi connectivity index (χ2n) is 6.94. The molecule has 1 heterocycles. The van der Waals surface area contributed by atoms with E-state index in [1.807, 2.05) is 50.2 Å². The molecule has 0 unspecified atom stereocenters. The number of nitrogens with zero attached hydrogens (tertiary/aromatic N) is 1. The molecule has 0 bridgehead atoms. The molecule has 0 saturated carbocycles. The number of thiocarbonyl (C=S) groups is 1. The smallest absolute Gasteiger partial charge is 0.238 e. The van der Waals surface area contributed by atoms with Crippen LogP contribution in [0.3, 0.4) is 0 Å². The normalized spacial score (nSPS) is 11.6. The number of hydrogen-bond acceptors (Lipinski definition) is 4. The Morgan fingerprint density at radius 1 is 1.10 bits per heavy atom. The van der Waals surface area contributed by atoms with Gasteiger partial charge in [-0.2, -0.15) is 4.57 Å². The van der Waals surface area contributed by atoms with Crippen molar-refractivity contribution in [1.29, 1.82) is 0 Å². The van der Waals surface area contributed by atoms with Crippen LogP contribution in [0.1, 0.15) is 22.3 Å². The van der Waals surface area contributed by atoms with E-state index in [2.05, 4.69) is 5.32 Å². The Labute approximate surface area is 181 Å². The standard InChI is InChI=1S/C24H24N2O3S/c1-16-6-7-19(13-17(16)2)23(28)22(26-12-4-5-18(14-26)15-27)24(30)25-20-8-10-21(29-3)11-9-20/h4-14,27H,15H2,1-3H3,(H-,25,28,30). The summed E-state index contributed by atoms with van der Waals surface area (Å²) < 4.78 is 6.84. The van der Waals surface area contributed by atoms with E-state index >= 15 is 0 Å². The summed E-state index contributed by atoms with van der Waals surface area (Å²) in [4.78, 5) is 0.281. The summed E-state index contributed by atoms with van der Waals surface area (Å²) in [6, 6.07) is 16.4. The van der Waals surface area contributed by atoms with Crippen LogP contribution >= 0.6 is 12.2 Å². The van der Waals surface area contributed by atoms with Crippen molar-refractivity contribution in [2.24, 2.45) is 0 Å². The first-order valence-corrected chi connectivity index (χ1v) is 9.89. The van der Waals surface area contributed by atoms with Gasteiger partial charge < -0.3 is 20.3 Å². The predicted molar refractivity (Wildman–Crippen MR) is 121 cm³/mol. The van der Waals surface area contributed by atoms with Gasteiger partial charge in [0.25, 0.3) is 0 Å². The summed E-state index contributed by atoms with van der Waals surface area (Å²) in [6.07, 6.45) is 3.45. The van der Waals surface area contributed by atoms with Crippen molar-refractivity contribution >= 4 is 34.3 Å². The molecule has 30 heavy (non-hydrogen) atoms. The average Bonchev–Trinajstić information content (AvgIpc) is 2.76. The number of rotatable bonds is 6. The molecule has 3 aromatic rings. The highest BCUT2D eigenvalue weighted by Crippen LogP contribution is 2.21. The number of methoxy groups -OCH3 is 1. The number of ether oxygens (including phenoxy) is 1. The maximum Gasteiger partial charge on any atom is 0.238 e. The summed E-state index contributed by atoms with van der Waals surface area (Å²) in [6.45, 7) is 3.84. The number of nitrogens with one attached hydrogen (secondary N) is 1. The minimum Gasteiger partial charge on any atom is -0.867 e. The largest absolute Gasteiger partial charge is 0.867 e. The van der Waals surface area contributed by atoms with Gasteiger partial charge >= 0.3 is 0 Å². The van der Waals surface area contributed by atoms with E-state index in [0.717, 1.165) is 22.6 Å². The molecule has 0 fully saturated rings. The van der Waals surface area contributed by atoms with E-state index in [-0.39, 0.29) is 17.4 Å². The topological polar surface area (TPSA) is 68.4 Å². The Kier molecular flexibility index (Phi) is 6.82. The molecule has 0 aliphatic heterocycles. The van der Waals surface area contributed by atoms with E-state index in [1.165, 1.54) is 0 Å². The SMILES string of the molecule is COc1ccc(NC(=S)/C(=C(\[O-])c2ccc(C)c(C)c2)[n+]2cccc(CO)c2)cc1. The molecule has 1 aromatic heterocycles. The number of pyridine rings is 1. The Morgan fingerprint density at radius 3 is 2.47 bits per heavy atom. The fraction of sp³-hybridized carbons (Fsp3) is 0.167. The molecule has 0 aliphatic rings. The van der Waals surface area contributed by atoms with Crippen LogP contribution in [0.4, 0.5) is 5.69 Å². The lowest BCUT2D eigenvalue weighted by atomic mass is 10.0. The van der Waals surface area contributed by atoms with Gasteiger partial charge in [0.15, 0.2) is 17.4 Å². The Hall–Kier alpha value is -3.22. The van der Waals surface area contributed by atoms with Gasteiger partial charge in [0.05, 0.1) is 13.7 Å². The number of aromatic nitrogens is 1. The molecule has 6 heteroatoms. The molecule has 0 atom stereocenters. The molecule has 3 rings (SSSR count). The van der Waals surface area contributed by atoms with Gasteiger partial charge in [-0.15, -0.1) is 0 Å². The zero-order valence-electron chi connectivity index (χ0n) is 17.2. The average molecular weight is 421 g/mol. The highest BCUT2D eigenvalue weighted by atomic mass is 32.1. The Morgan fingerprint density at radius 2 is 1.83 bits per heavy atom. The summed E-state index contributed by atoms with van der Waals surface area (Å²) in [5.74, 6) is 0.524. The molecule has 0 aliphatic carbocycles. The third-order valence-electron chi connectivity index (χ3n) is 4.85. The van der Waals surface area contributed by atoms with Crippen molar-refractivity contribution < 1.29 is 19.5 Å². The molecular weight excluding hydrogens is 396 g/mol. The summed E-state index contributed by atoms with van der Waals surface area (Å²) in [7, 11) is 1.60. The summed E-state index contributed by atoms with van der Waals surface area (Å²) in [5.41, 5.74) is 4.42. The molecule has 2 N–H and O–H groups in total. The number of benzene rings is 2. The van der Waals surface area contributed by atoms with Crippen molar-refractivity contribution in [2.75, 3.05) is 12.4 Å². The maximum atomic E-state index is 13.5. The molecule has 0 saturated heterocycles. The van der Waals surface area contributed by atoms with Crippen LogP contribution < -0.4 is 19.7 Å². The first-order valence-electron chi connectivity index (χ1n) is 9.48. The lowest BCUT2D eigenvalue weighted by Crippen LogP contribution is -2.40. The van der Waals surface area contributed by atoms with Crippen molar-refractivity contribution in [2.45, 2.75) is 20.5 Å². The molecule has 2 aromatic carbocycles. The Balaban J connectivity index is 2.07. The molecule has 5 nitrogen and oxygen atoms in total. The minimum absolute atomic E-state index is 0.134. The van der Waals surface area contributed by atoms with E-state index in [9.17, 15) is 10.2 Å². The van der Waals surface area contributed by atoms with Crippen LogP contribution in [-0.2, 0) is 6.61 Å². The van der Waals surface area contributed by atoms with Crippen molar-refractivity contribution in [3.63, 3.8) is 0 Å². The molecule has 0 amide bonds. The van der Waals surface area contributed by atoms with Crippen LogP contribution in [0.2, 0.25) is 0 Å². The molecular formula is C24H24N2O3S. The quantitative estimate of drug-likeness (QED) is 0.277. The first-order chi connectivity index (χ1) is 14.4. The van der Waals surface area contributed by atoms with Gasteiger partial charge in [0.2, 0.25) is 5.70 Å². The lowest BCUT2D eigenvalue weighted by Gasteiger charge is -2.18. The summed E-state index contributed by atoms with van der Waals surface area (Å²) >= 11 is 5.63. The van der Waals surface area contributed by atoms with E-state index < -0.39 is 0 Å². The second-order valence-corrected chi connectivity index (χ2v) is 7.35. The van der Waals surface area contributed by atoms with E-state index in [4.69, 9.17) is 17.0 Å². The monoisotopic (exact) mass is 420 g/mol. The number of aliphatic hydroxyl groups excluding tert-OH is 1. The molecule has 0 spiro atoms. The molecule has 154 valence electrons. The number of anilines is 1. The number of hydrogen-bond donors (Lipinski definition) is 2. The van der Waals surface area contributed by atoms with Crippen LogP contribution in [0.15, 0.2) is 67.0 Å². The van der Waals surface area contributed by atoms with Gasteiger partial charge in [-0.25, -0.2) is 0 Å². The number of aryl methyl sites for hydroxylation is 2. The third-order valence-corrected chi connectivity index (χ3v) is 5.15. The highest BCUT2D eigenvalue weighted by molar-refractivity contribution is 7.81. The highest BCUT2D eigenvalue weighted by Gasteiger charge is 2.20. The summed E-state index contributed by atoms with van der Waals surface area (Å²) in [5, 5.41) is 26.1. The van der Waals surface area contributed by atoms with Crippen LogP contribution in [0.5, 0.6) is 5.75 Å².